The zero-order valence-electron chi connectivity index (χ0n) is 12.9. The van der Waals surface area contributed by atoms with E-state index >= 15 is 0 Å². The Bertz CT molecular complexity index is 668. The average Bonchev–Trinajstić information content (AvgIpc) is 2.94. The van der Waals surface area contributed by atoms with Gasteiger partial charge in [-0.05, 0) is 25.8 Å². The van der Waals surface area contributed by atoms with Gasteiger partial charge in [0, 0.05) is 32.4 Å². The first kappa shape index (κ1) is 14.5. The number of hydrogen-bond donors (Lipinski definition) is 1. The van der Waals surface area contributed by atoms with Crippen molar-refractivity contribution in [3.05, 3.63) is 35.9 Å². The molecule has 116 valence electrons. The molecule has 1 aliphatic heterocycles. The Labute approximate surface area is 129 Å². The Morgan fingerprint density at radius 2 is 2.32 bits per heavy atom. The number of aromatic nitrogens is 4. The highest BCUT2D eigenvalue weighted by Gasteiger charge is 2.23. The zero-order valence-corrected chi connectivity index (χ0v) is 12.9. The average molecular weight is 300 g/mol. The van der Waals surface area contributed by atoms with Crippen LogP contribution >= 0.6 is 0 Å². The largest absolute Gasteiger partial charge is 0.367 e. The normalized spacial score (nSPS) is 18.3. The molecule has 1 amide bonds. The Hall–Kier alpha value is -2.44. The molecular formula is C15H20N6O. The molecule has 1 saturated heterocycles. The van der Waals surface area contributed by atoms with Crippen LogP contribution in [0.5, 0.6) is 0 Å². The van der Waals surface area contributed by atoms with Crippen LogP contribution in [-0.2, 0) is 7.05 Å². The molecule has 1 fully saturated rings. The van der Waals surface area contributed by atoms with E-state index in [0.717, 1.165) is 31.6 Å². The SMILES string of the molecule is Cc1nnccc1C(=O)NC1CCCN(c2cnn(C)c2)C1. The minimum Gasteiger partial charge on any atom is -0.367 e. The summed E-state index contributed by atoms with van der Waals surface area (Å²) in [6.45, 7) is 3.59. The molecular weight excluding hydrogens is 280 g/mol. The maximum atomic E-state index is 12.4. The van der Waals surface area contributed by atoms with Gasteiger partial charge in [-0.15, -0.1) is 0 Å². The minimum atomic E-state index is -0.0783. The topological polar surface area (TPSA) is 75.9 Å². The monoisotopic (exact) mass is 300 g/mol. The summed E-state index contributed by atoms with van der Waals surface area (Å²) in [5, 5.41) is 15.0. The van der Waals surface area contributed by atoms with Crippen LogP contribution in [0.2, 0.25) is 0 Å². The van der Waals surface area contributed by atoms with Crippen molar-refractivity contribution in [3.63, 3.8) is 0 Å². The molecule has 0 saturated carbocycles. The highest BCUT2D eigenvalue weighted by Crippen LogP contribution is 2.19. The van der Waals surface area contributed by atoms with Gasteiger partial charge >= 0.3 is 0 Å². The molecule has 2 aromatic rings. The van der Waals surface area contributed by atoms with Crippen LogP contribution in [-0.4, -0.2) is 45.0 Å². The Morgan fingerprint density at radius 1 is 1.45 bits per heavy atom. The van der Waals surface area contributed by atoms with E-state index in [0.29, 0.717) is 11.3 Å². The molecule has 1 aliphatic rings. The first-order chi connectivity index (χ1) is 10.6. The number of carbonyl (C=O) groups is 1. The Balaban J connectivity index is 1.65. The molecule has 0 aliphatic carbocycles. The predicted molar refractivity (Wildman–Crippen MR) is 82.7 cm³/mol. The van der Waals surface area contributed by atoms with Crippen molar-refractivity contribution in [1.82, 2.24) is 25.3 Å². The third-order valence-electron chi connectivity index (χ3n) is 3.96. The van der Waals surface area contributed by atoms with E-state index in [9.17, 15) is 4.79 Å². The highest BCUT2D eigenvalue weighted by atomic mass is 16.1. The lowest BCUT2D eigenvalue weighted by atomic mass is 10.0. The number of amides is 1. The summed E-state index contributed by atoms with van der Waals surface area (Å²) in [5.74, 6) is -0.0783. The van der Waals surface area contributed by atoms with Gasteiger partial charge in [-0.1, -0.05) is 0 Å². The third kappa shape index (κ3) is 3.08. The van der Waals surface area contributed by atoms with Crippen molar-refractivity contribution in [1.29, 1.82) is 0 Å². The number of anilines is 1. The summed E-state index contributed by atoms with van der Waals surface area (Å²) < 4.78 is 1.80. The van der Waals surface area contributed by atoms with Gasteiger partial charge in [0.15, 0.2) is 0 Å². The lowest BCUT2D eigenvalue weighted by Crippen LogP contribution is -2.48. The number of hydrogen-bond acceptors (Lipinski definition) is 5. The molecule has 3 rings (SSSR count). The molecule has 0 aromatic carbocycles. The van der Waals surface area contributed by atoms with Crippen molar-refractivity contribution in [2.75, 3.05) is 18.0 Å². The van der Waals surface area contributed by atoms with E-state index in [2.05, 4.69) is 25.5 Å². The summed E-state index contributed by atoms with van der Waals surface area (Å²) in [4.78, 5) is 14.6. The minimum absolute atomic E-state index is 0.0783. The first-order valence-electron chi connectivity index (χ1n) is 7.46. The molecule has 3 heterocycles. The van der Waals surface area contributed by atoms with Gasteiger partial charge in [-0.3, -0.25) is 9.48 Å². The lowest BCUT2D eigenvalue weighted by molar-refractivity contribution is 0.0932. The maximum absolute atomic E-state index is 12.4. The van der Waals surface area contributed by atoms with Crippen LogP contribution in [0.1, 0.15) is 28.9 Å². The van der Waals surface area contributed by atoms with Crippen LogP contribution < -0.4 is 10.2 Å². The van der Waals surface area contributed by atoms with E-state index in [4.69, 9.17) is 0 Å². The van der Waals surface area contributed by atoms with Crippen LogP contribution in [0.15, 0.2) is 24.7 Å². The fourth-order valence-electron chi connectivity index (χ4n) is 2.81. The molecule has 7 heteroatoms. The van der Waals surface area contributed by atoms with Crippen LogP contribution in [0.3, 0.4) is 0 Å². The molecule has 0 bridgehead atoms. The standard InChI is InChI=1S/C15H20N6O/c1-11-14(5-6-16-19-11)15(22)18-12-4-3-7-21(9-12)13-8-17-20(2)10-13/h5-6,8,10,12H,3-4,7,9H2,1-2H3,(H,18,22). The van der Waals surface area contributed by atoms with E-state index in [1.54, 1.807) is 23.9 Å². The number of carbonyl (C=O) groups excluding carboxylic acids is 1. The van der Waals surface area contributed by atoms with Crippen LogP contribution in [0.4, 0.5) is 5.69 Å². The summed E-state index contributed by atoms with van der Waals surface area (Å²) in [6.07, 6.45) is 7.44. The highest BCUT2D eigenvalue weighted by molar-refractivity contribution is 5.95. The van der Waals surface area contributed by atoms with Gasteiger partial charge in [0.1, 0.15) is 0 Å². The smallest absolute Gasteiger partial charge is 0.253 e. The molecule has 22 heavy (non-hydrogen) atoms. The van der Waals surface area contributed by atoms with Gasteiger partial charge in [0.05, 0.1) is 29.3 Å². The van der Waals surface area contributed by atoms with Crippen LogP contribution in [0.25, 0.3) is 0 Å². The van der Waals surface area contributed by atoms with Gasteiger partial charge in [0.25, 0.3) is 5.91 Å². The van der Waals surface area contributed by atoms with E-state index in [1.165, 1.54) is 0 Å². The summed E-state index contributed by atoms with van der Waals surface area (Å²) >= 11 is 0. The Kier molecular flexibility index (Phi) is 4.04. The van der Waals surface area contributed by atoms with Gasteiger partial charge in [-0.25, -0.2) is 0 Å². The van der Waals surface area contributed by atoms with E-state index in [1.807, 2.05) is 19.4 Å². The van der Waals surface area contributed by atoms with Gasteiger partial charge < -0.3 is 10.2 Å². The molecule has 1 unspecified atom stereocenters. The number of rotatable bonds is 3. The fraction of sp³-hybridized carbons (Fsp3) is 0.467. The van der Waals surface area contributed by atoms with E-state index < -0.39 is 0 Å². The Morgan fingerprint density at radius 3 is 3.05 bits per heavy atom. The van der Waals surface area contributed by atoms with Gasteiger partial charge in [0.2, 0.25) is 0 Å². The molecule has 1 atom stereocenters. The number of nitrogens with zero attached hydrogens (tertiary/aromatic N) is 5. The summed E-state index contributed by atoms with van der Waals surface area (Å²) in [6, 6.07) is 1.84. The summed E-state index contributed by atoms with van der Waals surface area (Å²) in [5.41, 5.74) is 2.34. The second-order valence-electron chi connectivity index (χ2n) is 5.66. The van der Waals surface area contributed by atoms with Crippen LogP contribution in [0, 0.1) is 6.92 Å². The second-order valence-corrected chi connectivity index (χ2v) is 5.66. The quantitative estimate of drug-likeness (QED) is 0.912. The van der Waals surface area contributed by atoms with Gasteiger partial charge in [-0.2, -0.15) is 15.3 Å². The summed E-state index contributed by atoms with van der Waals surface area (Å²) in [7, 11) is 1.91. The van der Waals surface area contributed by atoms with Crippen molar-refractivity contribution < 1.29 is 4.79 Å². The molecule has 0 spiro atoms. The lowest BCUT2D eigenvalue weighted by Gasteiger charge is -2.33. The third-order valence-corrected chi connectivity index (χ3v) is 3.96. The first-order valence-corrected chi connectivity index (χ1v) is 7.46. The molecule has 7 nitrogen and oxygen atoms in total. The van der Waals surface area contributed by atoms with E-state index in [-0.39, 0.29) is 11.9 Å². The zero-order chi connectivity index (χ0) is 15.5. The molecule has 0 radical (unpaired) electrons. The molecule has 1 N–H and O–H groups in total. The number of aryl methyl sites for hydroxylation is 2. The predicted octanol–water partition coefficient (Wildman–Crippen LogP) is 0.917. The van der Waals surface area contributed by atoms with Crippen molar-refractivity contribution in [2.24, 2.45) is 7.05 Å². The number of nitrogens with one attached hydrogen (secondary N) is 1. The van der Waals surface area contributed by atoms with Crippen molar-refractivity contribution in [2.45, 2.75) is 25.8 Å². The fourth-order valence-corrected chi connectivity index (χ4v) is 2.81. The molecule has 2 aromatic heterocycles. The maximum Gasteiger partial charge on any atom is 0.253 e. The van der Waals surface area contributed by atoms with Crippen molar-refractivity contribution in [3.8, 4) is 0 Å². The van der Waals surface area contributed by atoms with Crippen molar-refractivity contribution >= 4 is 11.6 Å². The number of piperidine rings is 1. The second kappa shape index (κ2) is 6.13.